The molecular formula is C29H29F4N5O5. The lowest BCUT2D eigenvalue weighted by molar-refractivity contribution is -0.388. The van der Waals surface area contributed by atoms with E-state index in [9.17, 15) is 32.5 Å². The Morgan fingerprint density at radius 3 is 2.33 bits per heavy atom. The third-order valence-electron chi connectivity index (χ3n) is 7.42. The van der Waals surface area contributed by atoms with Gasteiger partial charge >= 0.3 is 12.3 Å². The summed E-state index contributed by atoms with van der Waals surface area (Å²) in [4.78, 5) is 30.7. The molecule has 0 spiro atoms. The van der Waals surface area contributed by atoms with Gasteiger partial charge in [0.1, 0.15) is 29.1 Å². The zero-order valence-corrected chi connectivity index (χ0v) is 22.9. The number of alkyl halides is 3. The first-order valence-corrected chi connectivity index (χ1v) is 13.8. The number of carbonyl (C=O) groups is 1. The number of hydrogen-bond donors (Lipinski definition) is 1. The van der Waals surface area contributed by atoms with Crippen LogP contribution in [0.5, 0.6) is 11.6 Å². The Kier molecular flexibility index (Phi) is 8.83. The second-order valence-electron chi connectivity index (χ2n) is 10.4. The number of halogens is 4. The van der Waals surface area contributed by atoms with Gasteiger partial charge in [0.25, 0.3) is 5.69 Å². The molecule has 10 nitrogen and oxygen atoms in total. The van der Waals surface area contributed by atoms with Gasteiger partial charge in [0.15, 0.2) is 0 Å². The number of rotatable bonds is 7. The molecule has 3 aromatic rings. The van der Waals surface area contributed by atoms with Crippen molar-refractivity contribution < 1.29 is 36.8 Å². The van der Waals surface area contributed by atoms with E-state index < -0.39 is 34.3 Å². The molecule has 0 bridgehead atoms. The number of ether oxygens (including phenoxy) is 2. The van der Waals surface area contributed by atoms with E-state index in [0.29, 0.717) is 63.6 Å². The van der Waals surface area contributed by atoms with Crippen molar-refractivity contribution in [1.82, 2.24) is 9.88 Å². The Morgan fingerprint density at radius 1 is 0.977 bits per heavy atom. The van der Waals surface area contributed by atoms with Crippen molar-refractivity contribution >= 4 is 23.3 Å². The Balaban J connectivity index is 1.10. The van der Waals surface area contributed by atoms with Crippen molar-refractivity contribution in [2.75, 3.05) is 36.4 Å². The minimum absolute atomic E-state index is 0.104. The van der Waals surface area contributed by atoms with Crippen LogP contribution in [0.15, 0.2) is 60.7 Å². The third-order valence-corrected chi connectivity index (χ3v) is 7.42. The Bertz CT molecular complexity index is 1440. The molecule has 0 unspecified atom stereocenters. The fraction of sp³-hybridized carbons (Fsp3) is 0.379. The van der Waals surface area contributed by atoms with E-state index in [-0.39, 0.29) is 23.6 Å². The third kappa shape index (κ3) is 7.62. The van der Waals surface area contributed by atoms with Crippen LogP contribution in [0.1, 0.15) is 31.2 Å². The molecule has 0 atom stereocenters. The number of benzene rings is 2. The molecule has 1 aliphatic heterocycles. The van der Waals surface area contributed by atoms with Gasteiger partial charge in [-0.15, -0.1) is 0 Å². The fourth-order valence-electron chi connectivity index (χ4n) is 5.18. The molecule has 2 aliphatic rings. The average Bonchev–Trinajstić information content (AvgIpc) is 2.99. The van der Waals surface area contributed by atoms with Crippen LogP contribution in [0.3, 0.4) is 0 Å². The van der Waals surface area contributed by atoms with Gasteiger partial charge in [-0.2, -0.15) is 18.2 Å². The molecule has 2 heterocycles. The lowest BCUT2D eigenvalue weighted by atomic mass is 9.92. The topological polar surface area (TPSA) is 110 Å². The van der Waals surface area contributed by atoms with E-state index in [0.717, 1.165) is 12.1 Å². The summed E-state index contributed by atoms with van der Waals surface area (Å²) in [5.74, 6) is 1.02. The molecule has 5 rings (SSSR count). The number of aromatic nitrogens is 1. The first-order chi connectivity index (χ1) is 20.5. The molecule has 43 heavy (non-hydrogen) atoms. The van der Waals surface area contributed by atoms with Crippen LogP contribution < -0.4 is 19.7 Å². The summed E-state index contributed by atoms with van der Waals surface area (Å²) >= 11 is 0. The minimum Gasteiger partial charge on any atom is -0.474 e. The van der Waals surface area contributed by atoms with Crippen molar-refractivity contribution in [2.45, 2.75) is 44.0 Å². The standard InChI is InChI=1S/C29H29F4N5O5/c30-19-4-9-23(10-5-19)43-28(39)37-16-14-36(15-17-37)26-2-1-3-27(35-26)42-22-11-6-20(7-12-22)34-21-8-13-25(38(40)41)24(18-21)29(31,32)33/h1-5,8-10,13,18,20,22,34H,6-7,11-12,14-17H2/t20-,22-. The van der Waals surface area contributed by atoms with E-state index in [1.54, 1.807) is 11.0 Å². The van der Waals surface area contributed by atoms with Crippen LogP contribution in [0.25, 0.3) is 0 Å². The molecule has 1 aliphatic carbocycles. The van der Waals surface area contributed by atoms with Gasteiger partial charge in [-0.1, -0.05) is 6.07 Å². The molecule has 228 valence electrons. The zero-order valence-electron chi connectivity index (χ0n) is 22.9. The highest BCUT2D eigenvalue weighted by Gasteiger charge is 2.38. The maximum Gasteiger partial charge on any atom is 0.423 e. The van der Waals surface area contributed by atoms with Crippen LogP contribution in [0.2, 0.25) is 0 Å². The number of carbonyl (C=O) groups excluding carboxylic acids is 1. The second-order valence-corrected chi connectivity index (χ2v) is 10.4. The first kappa shape index (κ1) is 29.9. The quantitative estimate of drug-likeness (QED) is 0.191. The highest BCUT2D eigenvalue weighted by atomic mass is 19.4. The smallest absolute Gasteiger partial charge is 0.423 e. The molecule has 1 saturated heterocycles. The van der Waals surface area contributed by atoms with E-state index in [1.165, 1.54) is 30.3 Å². The molecule has 2 fully saturated rings. The lowest BCUT2D eigenvalue weighted by Gasteiger charge is -2.35. The Hall–Kier alpha value is -4.62. The molecule has 0 radical (unpaired) electrons. The van der Waals surface area contributed by atoms with Crippen molar-refractivity contribution in [2.24, 2.45) is 0 Å². The monoisotopic (exact) mass is 603 g/mol. The average molecular weight is 604 g/mol. The van der Waals surface area contributed by atoms with Crippen molar-refractivity contribution in [1.29, 1.82) is 0 Å². The molecule has 1 aromatic heterocycles. The van der Waals surface area contributed by atoms with E-state index >= 15 is 0 Å². The predicted molar refractivity (Wildman–Crippen MR) is 149 cm³/mol. The largest absolute Gasteiger partial charge is 0.474 e. The van der Waals surface area contributed by atoms with E-state index in [4.69, 9.17) is 9.47 Å². The molecule has 1 saturated carbocycles. The number of amides is 1. The molecule has 14 heteroatoms. The lowest BCUT2D eigenvalue weighted by Crippen LogP contribution is -2.49. The number of nitro groups is 1. The normalized spacial score (nSPS) is 19.1. The number of anilines is 2. The van der Waals surface area contributed by atoms with Crippen LogP contribution in [-0.4, -0.2) is 59.2 Å². The zero-order chi connectivity index (χ0) is 30.6. The number of nitrogens with zero attached hydrogens (tertiary/aromatic N) is 4. The van der Waals surface area contributed by atoms with Gasteiger partial charge in [-0.25, -0.2) is 9.18 Å². The summed E-state index contributed by atoms with van der Waals surface area (Å²) in [5, 5.41) is 14.1. The maximum absolute atomic E-state index is 13.3. The summed E-state index contributed by atoms with van der Waals surface area (Å²) < 4.78 is 64.5. The van der Waals surface area contributed by atoms with Gasteiger partial charge in [-0.3, -0.25) is 10.1 Å². The van der Waals surface area contributed by atoms with Gasteiger partial charge in [0.2, 0.25) is 5.88 Å². The highest BCUT2D eigenvalue weighted by Crippen LogP contribution is 2.38. The molecule has 2 aromatic carbocycles. The SMILES string of the molecule is O=C(Oc1ccc(F)cc1)N1CCN(c2cccc(O[C@H]3CC[C@H](Nc4ccc([N+](=O)[O-])c(C(F)(F)F)c4)CC3)n2)CC1. The van der Waals surface area contributed by atoms with Crippen LogP contribution >= 0.6 is 0 Å². The van der Waals surface area contributed by atoms with Gasteiger partial charge < -0.3 is 24.6 Å². The predicted octanol–water partition coefficient (Wildman–Crippen LogP) is 6.27. The first-order valence-electron chi connectivity index (χ1n) is 13.8. The van der Waals surface area contributed by atoms with E-state index in [2.05, 4.69) is 10.3 Å². The Morgan fingerprint density at radius 2 is 1.67 bits per heavy atom. The van der Waals surface area contributed by atoms with Gasteiger partial charge in [0, 0.05) is 50.0 Å². The maximum atomic E-state index is 13.3. The fourth-order valence-corrected chi connectivity index (χ4v) is 5.18. The molecular weight excluding hydrogens is 574 g/mol. The number of hydrogen-bond acceptors (Lipinski definition) is 8. The highest BCUT2D eigenvalue weighted by molar-refractivity contribution is 5.71. The number of pyridine rings is 1. The summed E-state index contributed by atoms with van der Waals surface area (Å²) in [7, 11) is 0. The van der Waals surface area contributed by atoms with Crippen LogP contribution in [0.4, 0.5) is 39.5 Å². The Labute approximate surface area is 244 Å². The van der Waals surface area contributed by atoms with E-state index in [1.807, 2.05) is 17.0 Å². The summed E-state index contributed by atoms with van der Waals surface area (Å²) in [6.45, 7) is 1.90. The summed E-state index contributed by atoms with van der Waals surface area (Å²) in [5.41, 5.74) is -2.08. The van der Waals surface area contributed by atoms with Gasteiger partial charge in [-0.05, 0) is 68.1 Å². The summed E-state index contributed by atoms with van der Waals surface area (Å²) in [6.07, 6.45) is -2.89. The van der Waals surface area contributed by atoms with Crippen molar-refractivity contribution in [3.63, 3.8) is 0 Å². The van der Waals surface area contributed by atoms with Gasteiger partial charge in [0.05, 0.1) is 4.92 Å². The van der Waals surface area contributed by atoms with Crippen LogP contribution in [0, 0.1) is 15.9 Å². The number of nitrogens with one attached hydrogen (secondary N) is 1. The number of piperazine rings is 1. The minimum atomic E-state index is -4.84. The van der Waals surface area contributed by atoms with Crippen LogP contribution in [-0.2, 0) is 6.18 Å². The molecule has 1 N–H and O–H groups in total. The number of nitro benzene ring substituents is 1. The second kappa shape index (κ2) is 12.7. The molecule has 1 amide bonds. The van der Waals surface area contributed by atoms with Crippen molar-refractivity contribution in [3.8, 4) is 11.6 Å². The summed E-state index contributed by atoms with van der Waals surface area (Å²) in [6, 6.07) is 13.5. The van der Waals surface area contributed by atoms with Crippen molar-refractivity contribution in [3.05, 3.63) is 82.2 Å².